The van der Waals surface area contributed by atoms with Crippen molar-refractivity contribution < 1.29 is 14.6 Å². The molecule has 0 aliphatic heterocycles. The number of methoxy groups -OCH3 is 1. The fourth-order valence-corrected chi connectivity index (χ4v) is 1.91. The van der Waals surface area contributed by atoms with Gasteiger partial charge in [0.1, 0.15) is 18.0 Å². The van der Waals surface area contributed by atoms with Crippen LogP contribution in [0.2, 0.25) is 5.02 Å². The highest BCUT2D eigenvalue weighted by atomic mass is 35.5. The molecule has 0 bridgehead atoms. The Morgan fingerprint density at radius 3 is 2.82 bits per heavy atom. The molecular weight excluding hydrogens is 302 g/mol. The summed E-state index contributed by atoms with van der Waals surface area (Å²) in [6.07, 6.45) is 6.76. The first-order valence-electron chi connectivity index (χ1n) is 6.41. The van der Waals surface area contributed by atoms with Gasteiger partial charge in [0.2, 0.25) is 0 Å². The lowest BCUT2D eigenvalue weighted by Crippen LogP contribution is -1.97. The van der Waals surface area contributed by atoms with Gasteiger partial charge in [-0.15, -0.1) is 6.42 Å². The Kier molecular flexibility index (Phi) is 5.29. The number of halogens is 1. The summed E-state index contributed by atoms with van der Waals surface area (Å²) in [6.45, 7) is 0.167. The van der Waals surface area contributed by atoms with E-state index in [0.717, 1.165) is 5.56 Å². The third-order valence-corrected chi connectivity index (χ3v) is 3.02. The van der Waals surface area contributed by atoms with Gasteiger partial charge in [-0.3, -0.25) is 4.99 Å². The van der Waals surface area contributed by atoms with E-state index in [1.54, 1.807) is 43.7 Å². The monoisotopic (exact) mass is 315 g/mol. The van der Waals surface area contributed by atoms with Crippen molar-refractivity contribution in [2.75, 3.05) is 13.7 Å². The molecule has 0 aliphatic rings. The second-order valence-electron chi connectivity index (χ2n) is 4.29. The van der Waals surface area contributed by atoms with E-state index in [-0.39, 0.29) is 12.4 Å². The number of terminal acetylenes is 1. The standard InChI is InChI=1S/C17H14ClNO3/c1-3-8-22-16-7-4-12(9-17(16)21-2)11-19-14-10-13(18)5-6-15(14)20/h1,4-7,9-11,20H,8H2,2H3. The van der Waals surface area contributed by atoms with Crippen molar-refractivity contribution in [3.05, 3.63) is 47.0 Å². The highest BCUT2D eigenvalue weighted by Crippen LogP contribution is 2.30. The molecule has 0 saturated heterocycles. The predicted octanol–water partition coefficient (Wildman–Crippen LogP) is 3.82. The lowest BCUT2D eigenvalue weighted by Gasteiger charge is -2.09. The van der Waals surface area contributed by atoms with Crippen LogP contribution in [0.5, 0.6) is 17.2 Å². The molecule has 2 aromatic rings. The normalized spacial score (nSPS) is 10.4. The number of rotatable bonds is 5. The van der Waals surface area contributed by atoms with Crippen LogP contribution in [0.15, 0.2) is 41.4 Å². The Labute approximate surface area is 134 Å². The molecule has 0 fully saturated rings. The van der Waals surface area contributed by atoms with Crippen LogP contribution in [-0.2, 0) is 0 Å². The SMILES string of the molecule is C#CCOc1ccc(C=Nc2cc(Cl)ccc2O)cc1OC. The Bertz CT molecular complexity index is 735. The van der Waals surface area contributed by atoms with Gasteiger partial charge >= 0.3 is 0 Å². The lowest BCUT2D eigenvalue weighted by molar-refractivity contribution is 0.331. The Hall–Kier alpha value is -2.64. The second-order valence-corrected chi connectivity index (χ2v) is 4.73. The number of aromatic hydroxyl groups is 1. The second kappa shape index (κ2) is 7.39. The number of nitrogens with zero attached hydrogens (tertiary/aromatic N) is 1. The van der Waals surface area contributed by atoms with Crippen molar-refractivity contribution in [1.29, 1.82) is 0 Å². The van der Waals surface area contributed by atoms with Crippen molar-refractivity contribution in [2.45, 2.75) is 0 Å². The van der Waals surface area contributed by atoms with E-state index >= 15 is 0 Å². The highest BCUT2D eigenvalue weighted by molar-refractivity contribution is 6.30. The minimum Gasteiger partial charge on any atom is -0.506 e. The smallest absolute Gasteiger partial charge is 0.162 e. The average Bonchev–Trinajstić information content (AvgIpc) is 2.54. The quantitative estimate of drug-likeness (QED) is 0.674. The van der Waals surface area contributed by atoms with Gasteiger partial charge in [0.15, 0.2) is 11.5 Å². The summed E-state index contributed by atoms with van der Waals surface area (Å²) >= 11 is 5.88. The van der Waals surface area contributed by atoms with Crippen molar-refractivity contribution in [3.63, 3.8) is 0 Å². The highest BCUT2D eigenvalue weighted by Gasteiger charge is 2.05. The molecule has 0 spiro atoms. The zero-order chi connectivity index (χ0) is 15.9. The van der Waals surface area contributed by atoms with Gasteiger partial charge in [-0.05, 0) is 42.0 Å². The zero-order valence-corrected chi connectivity index (χ0v) is 12.7. The number of ether oxygens (including phenoxy) is 2. The fourth-order valence-electron chi connectivity index (χ4n) is 1.75. The van der Waals surface area contributed by atoms with E-state index in [2.05, 4.69) is 10.9 Å². The molecule has 0 aliphatic carbocycles. The summed E-state index contributed by atoms with van der Waals surface area (Å²) in [6, 6.07) is 9.98. The maximum absolute atomic E-state index is 9.72. The molecule has 0 heterocycles. The van der Waals surface area contributed by atoms with Crippen LogP contribution in [-0.4, -0.2) is 25.0 Å². The van der Waals surface area contributed by atoms with E-state index in [4.69, 9.17) is 27.5 Å². The first kappa shape index (κ1) is 15.7. The van der Waals surface area contributed by atoms with Crippen molar-refractivity contribution in [3.8, 4) is 29.6 Å². The largest absolute Gasteiger partial charge is 0.506 e. The Morgan fingerprint density at radius 2 is 2.09 bits per heavy atom. The van der Waals surface area contributed by atoms with Crippen LogP contribution in [0.1, 0.15) is 5.56 Å². The van der Waals surface area contributed by atoms with Gasteiger partial charge in [0, 0.05) is 11.2 Å². The molecule has 2 rings (SSSR count). The molecule has 0 aromatic heterocycles. The van der Waals surface area contributed by atoms with Gasteiger partial charge in [0.05, 0.1) is 7.11 Å². The van der Waals surface area contributed by atoms with Gasteiger partial charge in [0.25, 0.3) is 0 Å². The van der Waals surface area contributed by atoms with Gasteiger partial charge in [-0.25, -0.2) is 0 Å². The molecule has 4 nitrogen and oxygen atoms in total. The molecule has 0 amide bonds. The molecule has 1 N–H and O–H groups in total. The van der Waals surface area contributed by atoms with E-state index in [0.29, 0.717) is 22.2 Å². The number of aliphatic imine (C=N–C) groups is 1. The van der Waals surface area contributed by atoms with Crippen LogP contribution in [0.4, 0.5) is 5.69 Å². The molecule has 0 unspecified atom stereocenters. The maximum atomic E-state index is 9.72. The molecular formula is C17H14ClNO3. The molecule has 22 heavy (non-hydrogen) atoms. The molecule has 0 saturated carbocycles. The molecule has 2 aromatic carbocycles. The average molecular weight is 316 g/mol. The number of phenols is 1. The molecule has 0 atom stereocenters. The van der Waals surface area contributed by atoms with Gasteiger partial charge in [-0.2, -0.15) is 0 Å². The maximum Gasteiger partial charge on any atom is 0.162 e. The molecule has 0 radical (unpaired) electrons. The number of benzene rings is 2. The first-order valence-corrected chi connectivity index (χ1v) is 6.78. The Balaban J connectivity index is 2.24. The number of hydrogen-bond donors (Lipinski definition) is 1. The van der Waals surface area contributed by atoms with E-state index in [9.17, 15) is 5.11 Å². The van der Waals surface area contributed by atoms with E-state index in [1.807, 2.05) is 0 Å². The summed E-state index contributed by atoms with van der Waals surface area (Å²) in [5, 5.41) is 10.2. The fraction of sp³-hybridized carbons (Fsp3) is 0.118. The Morgan fingerprint density at radius 1 is 1.27 bits per heavy atom. The summed E-state index contributed by atoms with van der Waals surface area (Å²) in [5.74, 6) is 3.56. The third-order valence-electron chi connectivity index (χ3n) is 2.79. The summed E-state index contributed by atoms with van der Waals surface area (Å²) in [5.41, 5.74) is 1.17. The van der Waals surface area contributed by atoms with Crippen LogP contribution in [0, 0.1) is 12.3 Å². The van der Waals surface area contributed by atoms with Crippen LogP contribution < -0.4 is 9.47 Å². The zero-order valence-electron chi connectivity index (χ0n) is 11.9. The molecule has 112 valence electrons. The summed E-state index contributed by atoms with van der Waals surface area (Å²) < 4.78 is 10.6. The van der Waals surface area contributed by atoms with Gasteiger partial charge in [-0.1, -0.05) is 17.5 Å². The van der Waals surface area contributed by atoms with Gasteiger partial charge < -0.3 is 14.6 Å². The summed E-state index contributed by atoms with van der Waals surface area (Å²) in [7, 11) is 1.54. The minimum atomic E-state index is 0.0570. The summed E-state index contributed by atoms with van der Waals surface area (Å²) in [4.78, 5) is 4.22. The number of hydrogen-bond acceptors (Lipinski definition) is 4. The van der Waals surface area contributed by atoms with E-state index in [1.165, 1.54) is 6.07 Å². The minimum absolute atomic E-state index is 0.0570. The molecule has 5 heteroatoms. The van der Waals surface area contributed by atoms with Crippen LogP contribution in [0.3, 0.4) is 0 Å². The predicted molar refractivity (Wildman–Crippen MR) is 87.7 cm³/mol. The lowest BCUT2D eigenvalue weighted by atomic mass is 10.2. The number of phenolic OH excluding ortho intramolecular Hbond substituents is 1. The van der Waals surface area contributed by atoms with E-state index < -0.39 is 0 Å². The van der Waals surface area contributed by atoms with Crippen molar-refractivity contribution >= 4 is 23.5 Å². The van der Waals surface area contributed by atoms with Crippen molar-refractivity contribution in [1.82, 2.24) is 0 Å². The first-order chi connectivity index (χ1) is 10.6. The topological polar surface area (TPSA) is 51.0 Å². The van der Waals surface area contributed by atoms with Crippen LogP contribution in [0.25, 0.3) is 0 Å². The third kappa shape index (κ3) is 3.94. The van der Waals surface area contributed by atoms with Crippen molar-refractivity contribution in [2.24, 2.45) is 4.99 Å². The van der Waals surface area contributed by atoms with Crippen LogP contribution >= 0.6 is 11.6 Å².